The molecule has 0 aromatic heterocycles. The van der Waals surface area contributed by atoms with E-state index in [1.165, 1.54) is 7.11 Å². The number of ether oxygens (including phenoxy) is 1. The van der Waals surface area contributed by atoms with E-state index >= 15 is 0 Å². The van der Waals surface area contributed by atoms with E-state index in [0.29, 0.717) is 13.0 Å². The van der Waals surface area contributed by atoms with E-state index in [4.69, 9.17) is 9.84 Å². The third kappa shape index (κ3) is 5.50. The summed E-state index contributed by atoms with van der Waals surface area (Å²) in [4.78, 5) is 24.2. The molecule has 0 aromatic rings. The average Bonchev–Trinajstić information content (AvgIpc) is 2.75. The van der Waals surface area contributed by atoms with Gasteiger partial charge in [-0.3, -0.25) is 4.79 Å². The van der Waals surface area contributed by atoms with Crippen molar-refractivity contribution in [2.75, 3.05) is 31.8 Å². The Hall–Kier alpha value is -1.35. The predicted molar refractivity (Wildman–Crippen MR) is 75.9 cm³/mol. The fraction of sp³-hybridized carbons (Fsp3) is 0.833. The molecule has 2 atom stereocenters. The maximum Gasteiger partial charge on any atom is 0.323 e. The van der Waals surface area contributed by atoms with Crippen LogP contribution < -0.4 is 5.32 Å². The van der Waals surface area contributed by atoms with Crippen molar-refractivity contribution in [3.8, 4) is 0 Å². The van der Waals surface area contributed by atoms with Crippen LogP contribution in [0.1, 0.15) is 19.8 Å². The van der Waals surface area contributed by atoms with Gasteiger partial charge in [0.25, 0.3) is 0 Å². The molecule has 1 fully saturated rings. The highest BCUT2D eigenvalue weighted by Gasteiger charge is 2.36. The average molecular weight is 322 g/mol. The molecule has 8 nitrogen and oxygen atoms in total. The van der Waals surface area contributed by atoms with Gasteiger partial charge in [-0.2, -0.15) is 0 Å². The maximum absolute atomic E-state index is 12.2. The van der Waals surface area contributed by atoms with Crippen molar-refractivity contribution < 1.29 is 27.9 Å². The first kappa shape index (κ1) is 17.7. The van der Waals surface area contributed by atoms with E-state index in [0.717, 1.165) is 4.90 Å². The topological polar surface area (TPSA) is 113 Å². The van der Waals surface area contributed by atoms with Crippen molar-refractivity contribution in [3.63, 3.8) is 0 Å². The highest BCUT2D eigenvalue weighted by atomic mass is 32.2. The van der Waals surface area contributed by atoms with Gasteiger partial charge in [0.05, 0.1) is 24.2 Å². The van der Waals surface area contributed by atoms with Gasteiger partial charge in [0.15, 0.2) is 9.84 Å². The van der Waals surface area contributed by atoms with Crippen LogP contribution in [-0.2, 0) is 19.4 Å². The van der Waals surface area contributed by atoms with E-state index in [1.807, 2.05) is 6.92 Å². The number of methoxy groups -OCH3 is 1. The Kier molecular flexibility index (Phi) is 6.41. The molecule has 1 heterocycles. The fourth-order valence-electron chi connectivity index (χ4n) is 2.25. The summed E-state index contributed by atoms with van der Waals surface area (Å²) >= 11 is 0. The first-order valence-electron chi connectivity index (χ1n) is 6.77. The quantitative estimate of drug-likeness (QED) is 0.665. The van der Waals surface area contributed by atoms with Crippen LogP contribution in [0.4, 0.5) is 4.79 Å². The third-order valence-electron chi connectivity index (χ3n) is 3.40. The Morgan fingerprint density at radius 3 is 2.57 bits per heavy atom. The molecule has 2 amide bonds. The number of hydrogen-bond acceptors (Lipinski definition) is 5. The number of amides is 2. The van der Waals surface area contributed by atoms with Crippen molar-refractivity contribution in [2.24, 2.45) is 0 Å². The van der Waals surface area contributed by atoms with Gasteiger partial charge in [-0.1, -0.05) is 6.92 Å². The molecule has 0 bridgehead atoms. The van der Waals surface area contributed by atoms with Crippen molar-refractivity contribution in [3.05, 3.63) is 0 Å². The summed E-state index contributed by atoms with van der Waals surface area (Å²) < 4.78 is 28.0. The lowest BCUT2D eigenvalue weighted by atomic mass is 10.2. The first-order chi connectivity index (χ1) is 9.79. The Morgan fingerprint density at radius 2 is 2.14 bits per heavy atom. The van der Waals surface area contributed by atoms with Crippen LogP contribution in [0.25, 0.3) is 0 Å². The van der Waals surface area contributed by atoms with Gasteiger partial charge < -0.3 is 20.1 Å². The minimum absolute atomic E-state index is 0.0175. The van der Waals surface area contributed by atoms with Gasteiger partial charge in [-0.15, -0.1) is 0 Å². The zero-order valence-corrected chi connectivity index (χ0v) is 13.1. The van der Waals surface area contributed by atoms with Crippen LogP contribution in [0.2, 0.25) is 0 Å². The lowest BCUT2D eigenvalue weighted by Gasteiger charge is -2.28. The molecule has 0 saturated carbocycles. The number of sulfone groups is 1. The largest absolute Gasteiger partial charge is 0.480 e. The fourth-order valence-corrected chi connectivity index (χ4v) is 3.98. The van der Waals surface area contributed by atoms with E-state index in [-0.39, 0.29) is 24.0 Å². The Bertz CT molecular complexity index is 478. The monoisotopic (exact) mass is 322 g/mol. The minimum atomic E-state index is -3.19. The molecule has 1 aliphatic rings. The summed E-state index contributed by atoms with van der Waals surface area (Å²) in [5.74, 6) is -1.38. The molecule has 2 N–H and O–H groups in total. The van der Waals surface area contributed by atoms with Crippen LogP contribution in [0.15, 0.2) is 0 Å². The Morgan fingerprint density at radius 1 is 1.48 bits per heavy atom. The lowest BCUT2D eigenvalue weighted by Crippen LogP contribution is -2.52. The van der Waals surface area contributed by atoms with Crippen molar-refractivity contribution in [2.45, 2.75) is 31.8 Å². The molecular weight excluding hydrogens is 300 g/mol. The number of carbonyl (C=O) groups is 2. The Labute approximate surface area is 124 Å². The molecule has 1 saturated heterocycles. The zero-order chi connectivity index (χ0) is 16.0. The van der Waals surface area contributed by atoms with Gasteiger partial charge in [-0.05, 0) is 12.8 Å². The summed E-state index contributed by atoms with van der Waals surface area (Å²) in [6, 6.07) is -1.40. The highest BCUT2D eigenvalue weighted by Crippen LogP contribution is 2.18. The van der Waals surface area contributed by atoms with E-state index in [9.17, 15) is 18.0 Å². The summed E-state index contributed by atoms with van der Waals surface area (Å²) in [7, 11) is -1.69. The standard InChI is InChI=1S/C12H22N2O6S/c1-3-9(7-20-2)13-12(17)14(6-11(15)16)10-4-5-21(18,19)8-10/h9-10H,3-8H2,1-2H3,(H,13,17)(H,15,16). The molecule has 0 spiro atoms. The number of carboxylic acids is 1. The Balaban J connectivity index is 2.77. The summed E-state index contributed by atoms with van der Waals surface area (Å²) in [6.07, 6.45) is 0.896. The molecule has 0 aliphatic carbocycles. The molecule has 9 heteroatoms. The SMILES string of the molecule is CCC(COC)NC(=O)N(CC(=O)O)C1CCS(=O)(=O)C1. The van der Waals surface area contributed by atoms with Crippen molar-refractivity contribution >= 4 is 21.8 Å². The van der Waals surface area contributed by atoms with Gasteiger partial charge in [0, 0.05) is 13.2 Å². The summed E-state index contributed by atoms with van der Waals surface area (Å²) in [5.41, 5.74) is 0. The van der Waals surface area contributed by atoms with E-state index < -0.39 is 34.4 Å². The predicted octanol–water partition coefficient (Wildman–Crippen LogP) is -0.305. The van der Waals surface area contributed by atoms with E-state index in [1.54, 1.807) is 0 Å². The molecule has 122 valence electrons. The number of rotatable bonds is 7. The van der Waals surface area contributed by atoms with Crippen LogP contribution in [0.5, 0.6) is 0 Å². The molecular formula is C12H22N2O6S. The molecule has 2 unspecified atom stereocenters. The first-order valence-corrected chi connectivity index (χ1v) is 8.59. The van der Waals surface area contributed by atoms with Gasteiger partial charge in [0.2, 0.25) is 0 Å². The van der Waals surface area contributed by atoms with Crippen LogP contribution in [0, 0.1) is 0 Å². The second-order valence-corrected chi connectivity index (χ2v) is 7.32. The number of carboxylic acid groups (broad SMARTS) is 1. The number of nitrogens with zero attached hydrogens (tertiary/aromatic N) is 1. The molecule has 0 radical (unpaired) electrons. The molecule has 1 rings (SSSR count). The molecule has 1 aliphatic heterocycles. The van der Waals surface area contributed by atoms with Gasteiger partial charge in [-0.25, -0.2) is 13.2 Å². The number of aliphatic carboxylic acids is 1. The maximum atomic E-state index is 12.2. The number of carbonyl (C=O) groups excluding carboxylic acids is 1. The number of nitrogens with one attached hydrogen (secondary N) is 1. The molecule has 21 heavy (non-hydrogen) atoms. The van der Waals surface area contributed by atoms with E-state index in [2.05, 4.69) is 5.32 Å². The van der Waals surface area contributed by atoms with Gasteiger partial charge in [0.1, 0.15) is 6.54 Å². The summed E-state index contributed by atoms with van der Waals surface area (Å²) in [6.45, 7) is 1.66. The van der Waals surface area contributed by atoms with Crippen LogP contribution >= 0.6 is 0 Å². The third-order valence-corrected chi connectivity index (χ3v) is 5.15. The normalized spacial score (nSPS) is 21.7. The highest BCUT2D eigenvalue weighted by molar-refractivity contribution is 7.91. The summed E-state index contributed by atoms with van der Waals surface area (Å²) in [5, 5.41) is 11.6. The minimum Gasteiger partial charge on any atom is -0.480 e. The number of urea groups is 1. The second-order valence-electron chi connectivity index (χ2n) is 5.09. The zero-order valence-electron chi connectivity index (χ0n) is 12.2. The van der Waals surface area contributed by atoms with Crippen molar-refractivity contribution in [1.82, 2.24) is 10.2 Å². The number of hydrogen-bond donors (Lipinski definition) is 2. The van der Waals surface area contributed by atoms with Crippen LogP contribution in [-0.4, -0.2) is 74.3 Å². The smallest absolute Gasteiger partial charge is 0.323 e. The lowest BCUT2D eigenvalue weighted by molar-refractivity contribution is -0.138. The molecule has 0 aromatic carbocycles. The van der Waals surface area contributed by atoms with Crippen molar-refractivity contribution in [1.29, 1.82) is 0 Å². The second kappa shape index (κ2) is 7.60. The van der Waals surface area contributed by atoms with Gasteiger partial charge >= 0.3 is 12.0 Å². The van der Waals surface area contributed by atoms with Crippen LogP contribution in [0.3, 0.4) is 0 Å².